The first-order valence-electron chi connectivity index (χ1n) is 13.8. The van der Waals surface area contributed by atoms with E-state index >= 15 is 0 Å². The van der Waals surface area contributed by atoms with Gasteiger partial charge in [0.05, 0.1) is 18.8 Å². The van der Waals surface area contributed by atoms with Crippen molar-refractivity contribution in [1.29, 1.82) is 0 Å². The number of carbonyl (C=O) groups is 4. The Balaban J connectivity index is 1.76. The number of aliphatic carboxylic acids is 2. The minimum absolute atomic E-state index is 0.00742. The van der Waals surface area contributed by atoms with Gasteiger partial charge in [-0.1, -0.05) is 32.1 Å². The third kappa shape index (κ3) is 7.79. The Bertz CT molecular complexity index is 910. The number of ether oxygens (including phenoxy) is 3. The molecule has 13 heteroatoms. The number of fused-ring (bicyclic) bond motifs is 2. The van der Waals surface area contributed by atoms with Gasteiger partial charge < -0.3 is 34.0 Å². The van der Waals surface area contributed by atoms with Crippen molar-refractivity contribution in [1.82, 2.24) is 0 Å². The van der Waals surface area contributed by atoms with Crippen molar-refractivity contribution in [3.05, 3.63) is 0 Å². The van der Waals surface area contributed by atoms with Crippen LogP contribution < -0.4 is 0 Å². The van der Waals surface area contributed by atoms with Gasteiger partial charge in [0.2, 0.25) is 0 Å². The maximum Gasteiger partial charge on any atom is 0.456 e. The molecule has 40 heavy (non-hydrogen) atoms. The van der Waals surface area contributed by atoms with Crippen LogP contribution in [0.25, 0.3) is 0 Å². The first-order valence-corrected chi connectivity index (χ1v) is 13.8. The first kappa shape index (κ1) is 32.4. The van der Waals surface area contributed by atoms with Gasteiger partial charge in [-0.3, -0.25) is 0 Å². The molecule has 0 spiro atoms. The molecule has 0 saturated heterocycles. The minimum atomic E-state index is -4.42. The van der Waals surface area contributed by atoms with Gasteiger partial charge in [0.25, 0.3) is 0 Å². The van der Waals surface area contributed by atoms with Crippen LogP contribution in [0.2, 0.25) is 0 Å². The highest BCUT2D eigenvalue weighted by Gasteiger charge is 2.58. The third-order valence-electron chi connectivity index (χ3n) is 8.98. The summed E-state index contributed by atoms with van der Waals surface area (Å²) in [6, 6.07) is 0. The summed E-state index contributed by atoms with van der Waals surface area (Å²) in [5, 5.41) is 17.4. The molecule has 3 aliphatic carbocycles. The second-order valence-corrected chi connectivity index (χ2v) is 11.6. The van der Waals surface area contributed by atoms with Crippen LogP contribution in [0.3, 0.4) is 0 Å². The van der Waals surface area contributed by atoms with E-state index in [1.165, 1.54) is 0 Å². The Morgan fingerprint density at radius 2 is 1.57 bits per heavy atom. The zero-order valence-corrected chi connectivity index (χ0v) is 22.3. The van der Waals surface area contributed by atoms with Crippen LogP contribution in [0, 0.1) is 29.1 Å². The van der Waals surface area contributed by atoms with Crippen LogP contribution in [0.5, 0.6) is 0 Å². The number of alkyl halides is 4. The first-order chi connectivity index (χ1) is 18.8. The van der Waals surface area contributed by atoms with Gasteiger partial charge in [-0.25, -0.2) is 9.59 Å². The van der Waals surface area contributed by atoms with Crippen molar-refractivity contribution in [3.63, 3.8) is 0 Å². The van der Waals surface area contributed by atoms with Crippen molar-refractivity contribution in [2.45, 2.75) is 94.9 Å². The molecule has 2 N–H and O–H groups in total. The van der Waals surface area contributed by atoms with Gasteiger partial charge >= 0.3 is 24.2 Å². The number of halogens is 4. The number of carboxylic acids is 2. The van der Waals surface area contributed by atoms with Gasteiger partial charge in [0.15, 0.2) is 0 Å². The number of rotatable bonds is 16. The average Bonchev–Trinajstić information content (AvgIpc) is 2.89. The lowest BCUT2D eigenvalue weighted by Gasteiger charge is -2.55. The van der Waals surface area contributed by atoms with Crippen molar-refractivity contribution < 1.29 is 61.2 Å². The molecule has 5 unspecified atom stereocenters. The maximum atomic E-state index is 14.2. The summed E-state index contributed by atoms with van der Waals surface area (Å²) in [4.78, 5) is 46.3. The highest BCUT2D eigenvalue weighted by atomic mass is 19.3. The molecule has 0 aliphatic heterocycles. The van der Waals surface area contributed by atoms with E-state index in [-0.39, 0.29) is 56.7 Å². The van der Waals surface area contributed by atoms with Crippen molar-refractivity contribution in [2.75, 3.05) is 19.8 Å². The zero-order valence-electron chi connectivity index (χ0n) is 22.3. The topological polar surface area (TPSA) is 136 Å². The van der Waals surface area contributed by atoms with Gasteiger partial charge in [-0.2, -0.15) is 17.6 Å². The summed E-state index contributed by atoms with van der Waals surface area (Å²) in [5.74, 6) is -5.86. The van der Waals surface area contributed by atoms with Crippen LogP contribution in [-0.2, 0) is 33.4 Å². The molecule has 3 aliphatic rings. The molecule has 0 heterocycles. The Morgan fingerprint density at radius 3 is 2.17 bits per heavy atom. The number of carbonyl (C=O) groups excluding carboxylic acids is 2. The van der Waals surface area contributed by atoms with E-state index in [1.807, 2.05) is 0 Å². The molecular formula is C27H38F4O9. The molecule has 0 aromatic heterocycles. The normalized spacial score (nSPS) is 29.4. The second kappa shape index (κ2) is 13.2. The van der Waals surface area contributed by atoms with E-state index in [4.69, 9.17) is 19.7 Å². The Labute approximate surface area is 229 Å². The molecular weight excluding hydrogens is 544 g/mol. The van der Waals surface area contributed by atoms with Gasteiger partial charge in [0, 0.05) is 17.9 Å². The summed E-state index contributed by atoms with van der Waals surface area (Å²) in [7, 11) is 0. The van der Waals surface area contributed by atoms with E-state index < -0.39 is 47.7 Å². The lowest BCUT2D eigenvalue weighted by molar-refractivity contribution is -0.308. The molecule has 9 nitrogen and oxygen atoms in total. The lowest BCUT2D eigenvalue weighted by Crippen LogP contribution is -2.55. The quantitative estimate of drug-likeness (QED) is 0.151. The Hall–Kier alpha value is -2.12. The summed E-state index contributed by atoms with van der Waals surface area (Å²) in [5.41, 5.74) is -2.44. The van der Waals surface area contributed by atoms with Gasteiger partial charge in [-0.15, -0.1) is 0 Å². The highest BCUT2D eigenvalue weighted by Crippen LogP contribution is 2.57. The summed E-state index contributed by atoms with van der Waals surface area (Å²) in [6.07, 6.45) is -0.673. The molecule has 5 atom stereocenters. The maximum absolute atomic E-state index is 14.2. The van der Waals surface area contributed by atoms with Crippen molar-refractivity contribution >= 4 is 24.5 Å². The van der Waals surface area contributed by atoms with Crippen molar-refractivity contribution in [3.8, 4) is 0 Å². The van der Waals surface area contributed by atoms with Gasteiger partial charge in [-0.05, 0) is 62.7 Å². The number of hydrogen-bond acceptors (Lipinski definition) is 7. The summed E-state index contributed by atoms with van der Waals surface area (Å²) in [6.45, 7) is -1.02. The average molecular weight is 583 g/mol. The monoisotopic (exact) mass is 582 g/mol. The SMILES string of the molecule is O=CC1CC2CC(OC(F)(F)C(=O)O)(CCC2C(C=O)(CCOCCOC(F)(F)C(=O)O)CC2CCCCC2)C1. The van der Waals surface area contributed by atoms with Crippen LogP contribution >= 0.6 is 0 Å². The predicted octanol–water partition coefficient (Wildman–Crippen LogP) is 4.70. The molecule has 0 radical (unpaired) electrons. The molecule has 0 aromatic carbocycles. The standard InChI is InChI=1S/C27H38F4O9/c28-26(29,22(34)35)39-11-10-38-9-8-24(17-33,13-18-4-2-1-3-5-18)21-6-7-25(40-27(30,31)23(36)37)14-19(16-32)12-20(21)15-25/h16-21H,1-15H2,(H,34,35)(H,36,37). The Kier molecular flexibility index (Phi) is 10.7. The fourth-order valence-electron chi connectivity index (χ4n) is 7.29. The van der Waals surface area contributed by atoms with E-state index in [0.717, 1.165) is 38.4 Å². The van der Waals surface area contributed by atoms with Crippen LogP contribution in [-0.4, -0.2) is 72.4 Å². The van der Waals surface area contributed by atoms with Crippen LogP contribution in [0.4, 0.5) is 17.6 Å². The number of carboxylic acid groups (broad SMARTS) is 2. The lowest BCUT2D eigenvalue weighted by atomic mass is 9.53. The fraction of sp³-hybridized carbons (Fsp3) is 0.852. The highest BCUT2D eigenvalue weighted by molar-refractivity contribution is 5.73. The minimum Gasteiger partial charge on any atom is -0.475 e. The van der Waals surface area contributed by atoms with Crippen LogP contribution in [0.1, 0.15) is 77.0 Å². The van der Waals surface area contributed by atoms with E-state index in [1.54, 1.807) is 0 Å². The fourth-order valence-corrected chi connectivity index (χ4v) is 7.29. The summed E-state index contributed by atoms with van der Waals surface area (Å²) < 4.78 is 69.0. The molecule has 3 rings (SSSR count). The molecule has 3 saturated carbocycles. The largest absolute Gasteiger partial charge is 0.475 e. The van der Waals surface area contributed by atoms with Gasteiger partial charge in [0.1, 0.15) is 12.6 Å². The predicted molar refractivity (Wildman–Crippen MR) is 130 cm³/mol. The Morgan fingerprint density at radius 1 is 0.900 bits per heavy atom. The molecule has 0 aromatic rings. The number of aldehydes is 2. The van der Waals surface area contributed by atoms with Crippen molar-refractivity contribution in [2.24, 2.45) is 29.1 Å². The third-order valence-corrected chi connectivity index (χ3v) is 8.98. The zero-order chi connectivity index (χ0) is 29.6. The molecule has 228 valence electrons. The van der Waals surface area contributed by atoms with E-state index in [0.29, 0.717) is 25.5 Å². The summed E-state index contributed by atoms with van der Waals surface area (Å²) >= 11 is 0. The van der Waals surface area contributed by atoms with E-state index in [2.05, 4.69) is 4.74 Å². The van der Waals surface area contributed by atoms with E-state index in [9.17, 15) is 36.7 Å². The molecule has 0 amide bonds. The van der Waals surface area contributed by atoms with Crippen LogP contribution in [0.15, 0.2) is 0 Å². The number of hydrogen-bond donors (Lipinski definition) is 2. The second-order valence-electron chi connectivity index (χ2n) is 11.6. The molecule has 2 bridgehead atoms. The molecule has 3 fully saturated rings. The smallest absolute Gasteiger partial charge is 0.456 e.